The molecular weight excluding hydrogens is 470 g/mol. The molecule has 39 heavy (non-hydrogen) atoms. The van der Waals surface area contributed by atoms with Crippen molar-refractivity contribution in [1.82, 2.24) is 0 Å². The number of hydrogen-bond acceptors (Lipinski definition) is 1. The standard InChI is InChI=1S/C28H48.C6H5N.2C2H6/c1-7-19(3)17-27(5)15-13-22-21(18-27)9-10-24-23(22)14-16-28(6)25(20(4)8-2)11-12-26(24)28;7-5-6-3-1-2-4-6;2*1-2/h20-26H,3,7-18H2,1-2,4-6H3;1,3-4H,2H2;2*1-2H3/t20-,21+,22?,23+,24+,25?,26-,27?,28?;;;/m0.../s1. The monoisotopic (exact) mass is 536 g/mol. The molecule has 0 amide bonds. The molecule has 5 aliphatic rings. The molecule has 0 aromatic carbocycles. The highest BCUT2D eigenvalue weighted by atomic mass is 14.6. The molecule has 0 heterocycles. The van der Waals surface area contributed by atoms with Gasteiger partial charge in [0.15, 0.2) is 0 Å². The summed E-state index contributed by atoms with van der Waals surface area (Å²) in [5.74, 6) is 7.24. The van der Waals surface area contributed by atoms with E-state index in [9.17, 15) is 0 Å². The minimum Gasteiger partial charge on any atom is -0.192 e. The highest BCUT2D eigenvalue weighted by Gasteiger charge is 2.57. The van der Waals surface area contributed by atoms with Crippen LogP contribution in [0, 0.1) is 63.6 Å². The Balaban J connectivity index is 0.000000412. The van der Waals surface area contributed by atoms with Crippen LogP contribution in [0.5, 0.6) is 0 Å². The third-order valence-corrected chi connectivity index (χ3v) is 11.8. The topological polar surface area (TPSA) is 23.8 Å². The van der Waals surface area contributed by atoms with Crippen molar-refractivity contribution in [2.75, 3.05) is 0 Å². The molecule has 5 aliphatic carbocycles. The van der Waals surface area contributed by atoms with E-state index in [2.05, 4.69) is 41.2 Å². The van der Waals surface area contributed by atoms with Gasteiger partial charge >= 0.3 is 0 Å². The molecule has 9 atom stereocenters. The van der Waals surface area contributed by atoms with Crippen LogP contribution in [-0.2, 0) is 0 Å². The molecule has 0 spiro atoms. The van der Waals surface area contributed by atoms with Gasteiger partial charge in [-0.25, -0.2) is 0 Å². The molecule has 0 aromatic heterocycles. The van der Waals surface area contributed by atoms with Gasteiger partial charge in [0.1, 0.15) is 0 Å². The number of nitrogens with zero attached hydrogens (tertiary/aromatic N) is 1. The van der Waals surface area contributed by atoms with E-state index in [1.54, 1.807) is 32.1 Å². The third-order valence-electron chi connectivity index (χ3n) is 11.8. The molecule has 0 radical (unpaired) electrons. The van der Waals surface area contributed by atoms with Crippen LogP contribution in [0.4, 0.5) is 0 Å². The Bertz CT molecular complexity index is 856. The maximum absolute atomic E-state index is 8.20. The zero-order chi connectivity index (χ0) is 29.2. The van der Waals surface area contributed by atoms with Gasteiger partial charge in [-0.05, 0) is 135 Å². The average Bonchev–Trinajstić information content (AvgIpc) is 3.62. The zero-order valence-corrected chi connectivity index (χ0v) is 27.6. The number of fused-ring (bicyclic) bond motifs is 5. The van der Waals surface area contributed by atoms with Gasteiger partial charge in [0, 0.05) is 5.57 Å². The number of rotatable bonds is 5. The normalized spacial score (nSPS) is 38.4. The molecule has 4 unspecified atom stereocenters. The summed E-state index contributed by atoms with van der Waals surface area (Å²) in [5.41, 5.74) is 3.51. The van der Waals surface area contributed by atoms with Gasteiger partial charge in [-0.1, -0.05) is 93.0 Å². The van der Waals surface area contributed by atoms with E-state index >= 15 is 0 Å². The molecule has 222 valence electrons. The van der Waals surface area contributed by atoms with Crippen molar-refractivity contribution in [3.8, 4) is 6.07 Å². The summed E-state index contributed by atoms with van der Waals surface area (Å²) in [6, 6.07) is 2.04. The van der Waals surface area contributed by atoms with Crippen LogP contribution in [0.2, 0.25) is 0 Å². The van der Waals surface area contributed by atoms with Gasteiger partial charge in [0.2, 0.25) is 0 Å². The summed E-state index contributed by atoms with van der Waals surface area (Å²) in [5, 5.41) is 8.20. The number of nitriles is 1. The summed E-state index contributed by atoms with van der Waals surface area (Å²) in [7, 11) is 0. The third kappa shape index (κ3) is 7.72. The fourth-order valence-corrected chi connectivity index (χ4v) is 9.88. The lowest BCUT2D eigenvalue weighted by atomic mass is 9.47. The first-order chi connectivity index (χ1) is 18.7. The Kier molecular flexibility index (Phi) is 13.6. The Hall–Kier alpha value is -1.29. The fraction of sp³-hybridized carbons (Fsp3) is 0.816. The molecule has 1 nitrogen and oxygen atoms in total. The van der Waals surface area contributed by atoms with E-state index in [0.29, 0.717) is 10.8 Å². The Labute approximate surface area is 245 Å². The Morgan fingerprint density at radius 3 is 2.23 bits per heavy atom. The predicted octanol–water partition coefficient (Wildman–Crippen LogP) is 12.1. The van der Waals surface area contributed by atoms with Crippen LogP contribution in [0.3, 0.4) is 0 Å². The first-order valence-corrected chi connectivity index (χ1v) is 17.2. The molecule has 4 fully saturated rings. The largest absolute Gasteiger partial charge is 0.192 e. The second-order valence-corrected chi connectivity index (χ2v) is 13.8. The lowest BCUT2D eigenvalue weighted by Crippen LogP contribution is -2.50. The minimum absolute atomic E-state index is 0.555. The molecule has 0 bridgehead atoms. The van der Waals surface area contributed by atoms with Crippen LogP contribution < -0.4 is 0 Å². The maximum Gasteiger partial charge on any atom is 0.0988 e. The molecule has 5 rings (SSSR count). The molecule has 0 N–H and O–H groups in total. The van der Waals surface area contributed by atoms with E-state index in [1.807, 2.05) is 52.0 Å². The summed E-state index contributed by atoms with van der Waals surface area (Å²) >= 11 is 0. The molecule has 0 saturated heterocycles. The smallest absolute Gasteiger partial charge is 0.0988 e. The van der Waals surface area contributed by atoms with Crippen molar-refractivity contribution < 1.29 is 0 Å². The molecule has 1 heteroatoms. The van der Waals surface area contributed by atoms with Crippen molar-refractivity contribution in [3.05, 3.63) is 36.0 Å². The van der Waals surface area contributed by atoms with E-state index in [0.717, 1.165) is 53.4 Å². The van der Waals surface area contributed by atoms with Gasteiger partial charge < -0.3 is 0 Å². The number of allylic oxidation sites excluding steroid dienone is 5. The summed E-state index contributed by atoms with van der Waals surface area (Å²) in [6.45, 7) is 24.9. The van der Waals surface area contributed by atoms with Crippen LogP contribution in [0.25, 0.3) is 0 Å². The van der Waals surface area contributed by atoms with E-state index in [-0.39, 0.29) is 0 Å². The van der Waals surface area contributed by atoms with Crippen molar-refractivity contribution in [3.63, 3.8) is 0 Å². The maximum atomic E-state index is 8.20. The van der Waals surface area contributed by atoms with Gasteiger partial charge in [-0.15, -0.1) is 0 Å². The first kappa shape index (κ1) is 33.9. The molecule has 4 saturated carbocycles. The van der Waals surface area contributed by atoms with Crippen molar-refractivity contribution in [2.45, 2.75) is 146 Å². The van der Waals surface area contributed by atoms with Gasteiger partial charge in [-0.2, -0.15) is 5.26 Å². The van der Waals surface area contributed by atoms with E-state index in [1.165, 1.54) is 50.5 Å². The number of hydrogen-bond donors (Lipinski definition) is 0. The second kappa shape index (κ2) is 15.6. The Morgan fingerprint density at radius 1 is 0.974 bits per heavy atom. The van der Waals surface area contributed by atoms with Gasteiger partial charge in [-0.3, -0.25) is 0 Å². The quantitative estimate of drug-likeness (QED) is 0.321. The van der Waals surface area contributed by atoms with E-state index < -0.39 is 0 Å². The first-order valence-electron chi connectivity index (χ1n) is 17.2. The highest BCUT2D eigenvalue weighted by Crippen LogP contribution is 2.66. The van der Waals surface area contributed by atoms with Gasteiger partial charge in [0.25, 0.3) is 0 Å². The zero-order valence-electron chi connectivity index (χ0n) is 27.6. The van der Waals surface area contributed by atoms with Crippen LogP contribution in [-0.4, -0.2) is 0 Å². The summed E-state index contributed by atoms with van der Waals surface area (Å²) in [6.07, 6.45) is 24.3. The molecular formula is C38H65N. The average molecular weight is 536 g/mol. The van der Waals surface area contributed by atoms with Crippen molar-refractivity contribution in [2.24, 2.45) is 52.3 Å². The lowest BCUT2D eigenvalue weighted by Gasteiger charge is -2.58. The Morgan fingerprint density at radius 2 is 1.67 bits per heavy atom. The van der Waals surface area contributed by atoms with E-state index in [4.69, 9.17) is 5.26 Å². The SMILES string of the molecule is C=C(CC)CC1(C)CCC2[C@H](CC[C@@H]3[C@@H]2CCC2(C)C([C@@H](C)CC)CC[C@@H]32)C1.CC.CC.N#CC1=CCC=C1. The summed E-state index contributed by atoms with van der Waals surface area (Å²) in [4.78, 5) is 0. The highest BCUT2D eigenvalue weighted by molar-refractivity contribution is 5.37. The van der Waals surface area contributed by atoms with Gasteiger partial charge in [0.05, 0.1) is 6.07 Å². The minimum atomic E-state index is 0.555. The predicted molar refractivity (Wildman–Crippen MR) is 172 cm³/mol. The van der Waals surface area contributed by atoms with Crippen LogP contribution in [0.15, 0.2) is 36.0 Å². The van der Waals surface area contributed by atoms with Crippen LogP contribution >= 0.6 is 0 Å². The lowest BCUT2D eigenvalue weighted by molar-refractivity contribution is -0.0827. The van der Waals surface area contributed by atoms with Crippen molar-refractivity contribution >= 4 is 0 Å². The fourth-order valence-electron chi connectivity index (χ4n) is 9.88. The van der Waals surface area contributed by atoms with Crippen LogP contribution in [0.1, 0.15) is 146 Å². The molecule has 0 aliphatic heterocycles. The summed E-state index contributed by atoms with van der Waals surface area (Å²) < 4.78 is 0. The second-order valence-electron chi connectivity index (χ2n) is 13.8. The molecule has 0 aromatic rings. The van der Waals surface area contributed by atoms with Crippen molar-refractivity contribution in [1.29, 1.82) is 5.26 Å².